The standard InChI is InChI=1S/C32H48N2O5Si/c1-23-18-19-24(33-27(23)20-21-28(29(35)36)34-30(37)39-31(2,3)4)22-38-40(32(5,6)7,25-14-10-8-11-15-25)26-16-12-9-13-17-26/h8-17,23-24,27-28,33H,18-22H2,1-7H3,(H,34,37)(H,35,36)/t23?,24-,27-,28-/m0/s1. The third kappa shape index (κ3) is 8.18. The average Bonchev–Trinajstić information content (AvgIpc) is 2.87. The fourth-order valence-corrected chi connectivity index (χ4v) is 10.4. The van der Waals surface area contributed by atoms with E-state index in [1.165, 1.54) is 10.4 Å². The Labute approximate surface area is 241 Å². The number of amides is 1. The number of hydrogen-bond acceptors (Lipinski definition) is 5. The van der Waals surface area contributed by atoms with E-state index in [0.717, 1.165) is 12.8 Å². The number of aliphatic carboxylic acids is 1. The molecule has 1 aliphatic rings. The van der Waals surface area contributed by atoms with Crippen molar-refractivity contribution >= 4 is 30.8 Å². The zero-order chi connectivity index (χ0) is 29.6. The highest BCUT2D eigenvalue weighted by molar-refractivity contribution is 6.99. The molecule has 1 heterocycles. The summed E-state index contributed by atoms with van der Waals surface area (Å²) in [5.41, 5.74) is -0.690. The van der Waals surface area contributed by atoms with E-state index >= 15 is 0 Å². The van der Waals surface area contributed by atoms with E-state index in [4.69, 9.17) is 9.16 Å². The molecule has 40 heavy (non-hydrogen) atoms. The van der Waals surface area contributed by atoms with Gasteiger partial charge in [0, 0.05) is 12.1 Å². The quantitative estimate of drug-likeness (QED) is 0.346. The zero-order valence-electron chi connectivity index (χ0n) is 25.2. The van der Waals surface area contributed by atoms with E-state index in [2.05, 4.69) is 86.9 Å². The number of carboxylic acids is 1. The Balaban J connectivity index is 1.73. The molecule has 1 unspecified atom stereocenters. The molecule has 1 amide bonds. The lowest BCUT2D eigenvalue weighted by atomic mass is 9.86. The van der Waals surface area contributed by atoms with Crippen LogP contribution in [0.15, 0.2) is 60.7 Å². The van der Waals surface area contributed by atoms with Gasteiger partial charge in [-0.25, -0.2) is 9.59 Å². The third-order valence-electron chi connectivity index (χ3n) is 7.78. The fourth-order valence-electron chi connectivity index (χ4n) is 5.76. The van der Waals surface area contributed by atoms with E-state index in [0.29, 0.717) is 25.4 Å². The maximum atomic E-state index is 12.2. The molecule has 3 rings (SSSR count). The van der Waals surface area contributed by atoms with Gasteiger partial charge in [0.2, 0.25) is 0 Å². The number of carboxylic acid groups (broad SMARTS) is 1. The molecular weight excluding hydrogens is 520 g/mol. The van der Waals surface area contributed by atoms with Crippen molar-refractivity contribution in [2.24, 2.45) is 5.92 Å². The minimum absolute atomic E-state index is 0.0981. The first kappa shape index (κ1) is 31.8. The summed E-state index contributed by atoms with van der Waals surface area (Å²) in [6.45, 7) is 14.9. The lowest BCUT2D eigenvalue weighted by Crippen LogP contribution is -2.67. The highest BCUT2D eigenvalue weighted by Gasteiger charge is 2.50. The van der Waals surface area contributed by atoms with Gasteiger partial charge in [-0.15, -0.1) is 0 Å². The van der Waals surface area contributed by atoms with Crippen molar-refractivity contribution in [1.82, 2.24) is 10.6 Å². The van der Waals surface area contributed by atoms with Crippen molar-refractivity contribution in [2.75, 3.05) is 6.61 Å². The molecule has 0 aliphatic carbocycles. The van der Waals surface area contributed by atoms with Crippen LogP contribution in [-0.2, 0) is 14.0 Å². The van der Waals surface area contributed by atoms with Crippen molar-refractivity contribution in [3.05, 3.63) is 60.7 Å². The van der Waals surface area contributed by atoms with Crippen LogP contribution in [0.3, 0.4) is 0 Å². The van der Waals surface area contributed by atoms with Gasteiger partial charge in [-0.1, -0.05) is 88.4 Å². The van der Waals surface area contributed by atoms with Gasteiger partial charge in [-0.2, -0.15) is 0 Å². The number of ether oxygens (including phenoxy) is 1. The Bertz CT molecular complexity index is 1060. The molecule has 1 fully saturated rings. The van der Waals surface area contributed by atoms with Crippen LogP contribution in [0.5, 0.6) is 0 Å². The van der Waals surface area contributed by atoms with E-state index < -0.39 is 32.0 Å². The predicted molar refractivity (Wildman–Crippen MR) is 163 cm³/mol. The molecule has 220 valence electrons. The van der Waals surface area contributed by atoms with E-state index in [1.807, 2.05) is 12.1 Å². The topological polar surface area (TPSA) is 96.9 Å². The maximum absolute atomic E-state index is 12.2. The van der Waals surface area contributed by atoms with Crippen LogP contribution < -0.4 is 21.0 Å². The summed E-state index contributed by atoms with van der Waals surface area (Å²) in [6.07, 6.45) is 2.27. The molecule has 7 nitrogen and oxygen atoms in total. The zero-order valence-corrected chi connectivity index (χ0v) is 26.2. The van der Waals surface area contributed by atoms with Crippen LogP contribution in [0.25, 0.3) is 0 Å². The summed E-state index contributed by atoms with van der Waals surface area (Å²) < 4.78 is 12.4. The monoisotopic (exact) mass is 568 g/mol. The van der Waals surface area contributed by atoms with E-state index in [1.54, 1.807) is 20.8 Å². The number of carbonyl (C=O) groups excluding carboxylic acids is 1. The van der Waals surface area contributed by atoms with Crippen LogP contribution in [0.4, 0.5) is 4.79 Å². The normalized spacial score (nSPS) is 20.9. The molecule has 4 atom stereocenters. The van der Waals surface area contributed by atoms with Gasteiger partial charge in [0.25, 0.3) is 8.32 Å². The average molecular weight is 569 g/mol. The molecule has 0 radical (unpaired) electrons. The van der Waals surface area contributed by atoms with Crippen LogP contribution in [-0.4, -0.2) is 55.8 Å². The van der Waals surface area contributed by atoms with Gasteiger partial charge < -0.3 is 24.9 Å². The number of carbonyl (C=O) groups is 2. The van der Waals surface area contributed by atoms with Crippen LogP contribution in [0.1, 0.15) is 74.1 Å². The molecule has 3 N–H and O–H groups in total. The van der Waals surface area contributed by atoms with Gasteiger partial charge in [0.05, 0.1) is 6.61 Å². The first-order valence-electron chi connectivity index (χ1n) is 14.5. The SMILES string of the molecule is CC1CC[C@@H](CO[Si](c2ccccc2)(c2ccccc2)C(C)(C)C)N[C@H]1CC[C@H](NC(=O)OC(C)(C)C)C(=O)O. The summed E-state index contributed by atoms with van der Waals surface area (Å²) in [4.78, 5) is 24.1. The molecular formula is C32H48N2O5Si. The largest absolute Gasteiger partial charge is 0.480 e. The number of piperidine rings is 1. The number of alkyl carbamates (subject to hydrolysis) is 1. The second kappa shape index (κ2) is 13.3. The Morgan fingerprint density at radius 1 is 0.975 bits per heavy atom. The first-order valence-corrected chi connectivity index (χ1v) is 16.4. The van der Waals surface area contributed by atoms with Crippen molar-refractivity contribution in [3.63, 3.8) is 0 Å². The first-order chi connectivity index (χ1) is 18.7. The fraction of sp³-hybridized carbons (Fsp3) is 0.562. The van der Waals surface area contributed by atoms with Crippen molar-refractivity contribution in [1.29, 1.82) is 0 Å². The minimum Gasteiger partial charge on any atom is -0.480 e. The molecule has 8 heteroatoms. The maximum Gasteiger partial charge on any atom is 0.408 e. The Hall–Kier alpha value is -2.68. The Morgan fingerprint density at radius 2 is 1.52 bits per heavy atom. The molecule has 1 saturated heterocycles. The number of benzene rings is 2. The smallest absolute Gasteiger partial charge is 0.408 e. The van der Waals surface area contributed by atoms with Crippen LogP contribution >= 0.6 is 0 Å². The summed E-state index contributed by atoms with van der Waals surface area (Å²) in [5, 5.41) is 18.4. The van der Waals surface area contributed by atoms with Gasteiger partial charge in [0.1, 0.15) is 11.6 Å². The number of rotatable bonds is 10. The van der Waals surface area contributed by atoms with Gasteiger partial charge in [0.15, 0.2) is 0 Å². The summed E-state index contributed by atoms with van der Waals surface area (Å²) in [7, 11) is -2.64. The van der Waals surface area contributed by atoms with Crippen molar-refractivity contribution < 1.29 is 23.9 Å². The molecule has 0 bridgehead atoms. The molecule has 1 aliphatic heterocycles. The predicted octanol–water partition coefficient (Wildman–Crippen LogP) is 5.08. The van der Waals surface area contributed by atoms with Crippen LogP contribution in [0.2, 0.25) is 5.04 Å². The summed E-state index contributed by atoms with van der Waals surface area (Å²) in [5.74, 6) is -0.666. The van der Waals surface area contributed by atoms with Crippen molar-refractivity contribution in [3.8, 4) is 0 Å². The van der Waals surface area contributed by atoms with E-state index in [9.17, 15) is 14.7 Å². The molecule has 0 spiro atoms. The Kier molecular flexibility index (Phi) is 10.6. The highest BCUT2D eigenvalue weighted by atomic mass is 28.4. The third-order valence-corrected chi connectivity index (χ3v) is 12.8. The molecule has 2 aromatic rings. The van der Waals surface area contributed by atoms with Crippen LogP contribution in [0, 0.1) is 5.92 Å². The number of hydrogen-bond donors (Lipinski definition) is 3. The Morgan fingerprint density at radius 3 is 2.00 bits per heavy atom. The summed E-state index contributed by atoms with van der Waals surface area (Å²) in [6, 6.07) is 20.6. The van der Waals surface area contributed by atoms with Crippen molar-refractivity contribution in [2.45, 2.75) is 103 Å². The second-order valence-electron chi connectivity index (χ2n) is 13.1. The second-order valence-corrected chi connectivity index (χ2v) is 17.4. The number of nitrogens with one attached hydrogen (secondary N) is 2. The lowest BCUT2D eigenvalue weighted by molar-refractivity contribution is -0.139. The lowest BCUT2D eigenvalue weighted by Gasteiger charge is -2.45. The highest BCUT2D eigenvalue weighted by Crippen LogP contribution is 2.37. The van der Waals surface area contributed by atoms with Gasteiger partial charge >= 0.3 is 12.1 Å². The van der Waals surface area contributed by atoms with Gasteiger partial charge in [-0.05, 0) is 67.8 Å². The molecule has 2 aromatic carbocycles. The summed E-state index contributed by atoms with van der Waals surface area (Å²) >= 11 is 0. The molecule has 0 aromatic heterocycles. The minimum atomic E-state index is -2.64. The molecule has 0 saturated carbocycles. The van der Waals surface area contributed by atoms with E-state index in [-0.39, 0.29) is 17.1 Å². The van der Waals surface area contributed by atoms with Gasteiger partial charge in [-0.3, -0.25) is 0 Å².